The van der Waals surface area contributed by atoms with E-state index in [0.29, 0.717) is 24.4 Å². The average Bonchev–Trinajstić information content (AvgIpc) is 2.37. The van der Waals surface area contributed by atoms with E-state index in [9.17, 15) is 4.39 Å². The van der Waals surface area contributed by atoms with E-state index < -0.39 is 0 Å². The molecule has 2 nitrogen and oxygen atoms in total. The molecule has 2 atom stereocenters. The fraction of sp³-hybridized carbons (Fsp3) is 0.615. The molecule has 0 spiro atoms. The topological polar surface area (TPSA) is 24.9 Å². The molecule has 1 N–H and O–H groups in total. The number of nitrogens with one attached hydrogen (secondary N) is 1. The zero-order valence-electron chi connectivity index (χ0n) is 9.83. The minimum absolute atomic E-state index is 0.276. The highest BCUT2D eigenvalue weighted by Crippen LogP contribution is 2.25. The van der Waals surface area contributed by atoms with E-state index in [4.69, 9.17) is 11.6 Å². The van der Waals surface area contributed by atoms with Crippen LogP contribution >= 0.6 is 11.6 Å². The first-order valence-corrected chi connectivity index (χ1v) is 6.72. The Morgan fingerprint density at radius 3 is 2.94 bits per heavy atom. The van der Waals surface area contributed by atoms with Gasteiger partial charge in [-0.25, -0.2) is 4.39 Å². The molecular weight excluding hydrogens is 239 g/mol. The highest BCUT2D eigenvalue weighted by molar-refractivity contribution is 6.18. The van der Waals surface area contributed by atoms with Crippen LogP contribution in [0.25, 0.3) is 0 Å². The van der Waals surface area contributed by atoms with Crippen molar-refractivity contribution >= 4 is 11.6 Å². The van der Waals surface area contributed by atoms with E-state index in [0.717, 1.165) is 5.56 Å². The highest BCUT2D eigenvalue weighted by atomic mass is 35.5. The zero-order chi connectivity index (χ0) is 12.1. The lowest BCUT2D eigenvalue weighted by Crippen LogP contribution is -2.39. The van der Waals surface area contributed by atoms with Crippen molar-refractivity contribution < 1.29 is 4.39 Å². The minimum atomic E-state index is -0.276. The molecule has 0 aromatic carbocycles. The van der Waals surface area contributed by atoms with Gasteiger partial charge in [0.15, 0.2) is 0 Å². The summed E-state index contributed by atoms with van der Waals surface area (Å²) in [5.74, 6) is 0.979. The molecule has 0 aliphatic heterocycles. The van der Waals surface area contributed by atoms with Crippen molar-refractivity contribution in [2.24, 2.45) is 5.92 Å². The maximum atomic E-state index is 13.0. The number of halogens is 2. The van der Waals surface area contributed by atoms with Crippen molar-refractivity contribution in [3.63, 3.8) is 0 Å². The lowest BCUT2D eigenvalue weighted by atomic mass is 9.85. The normalized spacial score (nSPS) is 24.8. The Hall–Kier alpha value is -0.670. The van der Waals surface area contributed by atoms with Gasteiger partial charge in [-0.1, -0.05) is 12.8 Å². The molecule has 1 saturated carbocycles. The number of hydrogen-bond acceptors (Lipinski definition) is 2. The van der Waals surface area contributed by atoms with E-state index in [2.05, 4.69) is 10.3 Å². The van der Waals surface area contributed by atoms with Crippen LogP contribution in [0.1, 0.15) is 31.2 Å². The molecule has 0 amide bonds. The first-order valence-electron chi connectivity index (χ1n) is 6.18. The summed E-state index contributed by atoms with van der Waals surface area (Å²) in [6.07, 6.45) is 7.83. The van der Waals surface area contributed by atoms with E-state index in [-0.39, 0.29) is 5.82 Å². The van der Waals surface area contributed by atoms with Gasteiger partial charge in [0.1, 0.15) is 5.82 Å². The van der Waals surface area contributed by atoms with Crippen LogP contribution in [0.3, 0.4) is 0 Å². The van der Waals surface area contributed by atoms with Crippen LogP contribution in [0.15, 0.2) is 18.5 Å². The zero-order valence-corrected chi connectivity index (χ0v) is 10.6. The van der Waals surface area contributed by atoms with Crippen LogP contribution < -0.4 is 5.32 Å². The van der Waals surface area contributed by atoms with Crippen molar-refractivity contribution in [2.45, 2.75) is 38.3 Å². The third kappa shape index (κ3) is 3.65. The third-order valence-electron chi connectivity index (χ3n) is 3.44. The molecular formula is C13H18ClFN2. The second-order valence-corrected chi connectivity index (χ2v) is 5.01. The van der Waals surface area contributed by atoms with Crippen molar-refractivity contribution in [2.75, 3.05) is 5.88 Å². The summed E-state index contributed by atoms with van der Waals surface area (Å²) in [5.41, 5.74) is 0.892. The van der Waals surface area contributed by atoms with Crippen LogP contribution in [-0.4, -0.2) is 16.9 Å². The third-order valence-corrected chi connectivity index (χ3v) is 3.83. The summed E-state index contributed by atoms with van der Waals surface area (Å²) in [6.45, 7) is 0.669. The van der Waals surface area contributed by atoms with Crippen molar-refractivity contribution in [3.05, 3.63) is 29.8 Å². The summed E-state index contributed by atoms with van der Waals surface area (Å²) in [7, 11) is 0. The molecule has 17 heavy (non-hydrogen) atoms. The molecule has 1 aliphatic carbocycles. The molecule has 4 heteroatoms. The molecule has 1 aliphatic rings. The summed E-state index contributed by atoms with van der Waals surface area (Å²) in [6, 6.07) is 1.99. The SMILES string of the molecule is Fc1cncc(CNC2CCCCC2CCl)c1. The Kier molecular flexibility index (Phi) is 4.75. The van der Waals surface area contributed by atoms with Crippen LogP contribution in [0, 0.1) is 11.7 Å². The van der Waals surface area contributed by atoms with Gasteiger partial charge in [-0.15, -0.1) is 11.6 Å². The molecule has 0 bridgehead atoms. The fourth-order valence-electron chi connectivity index (χ4n) is 2.46. The van der Waals surface area contributed by atoms with Crippen molar-refractivity contribution in [1.29, 1.82) is 0 Å². The van der Waals surface area contributed by atoms with Crippen LogP contribution in [0.5, 0.6) is 0 Å². The minimum Gasteiger partial charge on any atom is -0.310 e. The summed E-state index contributed by atoms with van der Waals surface area (Å²) in [5, 5.41) is 3.48. The van der Waals surface area contributed by atoms with Gasteiger partial charge in [0.2, 0.25) is 0 Å². The number of hydrogen-bond donors (Lipinski definition) is 1. The Morgan fingerprint density at radius 2 is 2.18 bits per heavy atom. The predicted octanol–water partition coefficient (Wildman–Crippen LogP) is 3.11. The van der Waals surface area contributed by atoms with Crippen LogP contribution in [0.4, 0.5) is 4.39 Å². The van der Waals surface area contributed by atoms with E-state index in [1.807, 2.05) is 0 Å². The number of rotatable bonds is 4. The van der Waals surface area contributed by atoms with E-state index in [1.165, 1.54) is 37.9 Å². The molecule has 2 unspecified atom stereocenters. The molecule has 1 aromatic heterocycles. The highest BCUT2D eigenvalue weighted by Gasteiger charge is 2.23. The predicted molar refractivity (Wildman–Crippen MR) is 67.5 cm³/mol. The lowest BCUT2D eigenvalue weighted by Gasteiger charge is -2.31. The summed E-state index contributed by atoms with van der Waals surface area (Å²) in [4.78, 5) is 3.85. The van der Waals surface area contributed by atoms with Crippen molar-refractivity contribution in [3.8, 4) is 0 Å². The second-order valence-electron chi connectivity index (χ2n) is 4.70. The molecule has 2 rings (SSSR count). The fourth-order valence-corrected chi connectivity index (χ4v) is 2.83. The molecule has 1 fully saturated rings. The monoisotopic (exact) mass is 256 g/mol. The smallest absolute Gasteiger partial charge is 0.141 e. The Balaban J connectivity index is 1.88. The molecule has 0 saturated heterocycles. The lowest BCUT2D eigenvalue weighted by molar-refractivity contribution is 0.282. The van der Waals surface area contributed by atoms with Crippen LogP contribution in [0.2, 0.25) is 0 Å². The number of alkyl halides is 1. The largest absolute Gasteiger partial charge is 0.310 e. The second kappa shape index (κ2) is 6.31. The maximum absolute atomic E-state index is 13.0. The van der Waals surface area contributed by atoms with Gasteiger partial charge in [0.05, 0.1) is 6.20 Å². The van der Waals surface area contributed by atoms with Gasteiger partial charge in [0, 0.05) is 24.7 Å². The Labute approximate surface area is 107 Å². The molecule has 94 valence electrons. The van der Waals surface area contributed by atoms with Gasteiger partial charge in [-0.3, -0.25) is 4.98 Å². The molecule has 1 heterocycles. The molecule has 0 radical (unpaired) electrons. The van der Waals surface area contributed by atoms with Gasteiger partial charge in [-0.2, -0.15) is 0 Å². The number of pyridine rings is 1. The summed E-state index contributed by atoms with van der Waals surface area (Å²) < 4.78 is 13.0. The standard InChI is InChI=1S/C13H18ClFN2/c14-6-11-3-1-2-4-13(11)17-8-10-5-12(15)9-16-7-10/h5,7,9,11,13,17H,1-4,6,8H2. The molecule has 1 aromatic rings. The summed E-state index contributed by atoms with van der Waals surface area (Å²) >= 11 is 5.97. The average molecular weight is 257 g/mol. The maximum Gasteiger partial charge on any atom is 0.141 e. The van der Waals surface area contributed by atoms with Gasteiger partial charge >= 0.3 is 0 Å². The van der Waals surface area contributed by atoms with Crippen LogP contribution in [-0.2, 0) is 6.54 Å². The first-order chi connectivity index (χ1) is 8.29. The van der Waals surface area contributed by atoms with E-state index in [1.54, 1.807) is 6.20 Å². The first kappa shape index (κ1) is 12.8. The van der Waals surface area contributed by atoms with Gasteiger partial charge in [0.25, 0.3) is 0 Å². The van der Waals surface area contributed by atoms with E-state index >= 15 is 0 Å². The Morgan fingerprint density at radius 1 is 1.35 bits per heavy atom. The number of aromatic nitrogens is 1. The Bertz CT molecular complexity index is 359. The number of nitrogens with zero attached hydrogens (tertiary/aromatic N) is 1. The van der Waals surface area contributed by atoms with Gasteiger partial charge < -0.3 is 5.32 Å². The van der Waals surface area contributed by atoms with Gasteiger partial charge in [-0.05, 0) is 30.4 Å². The quantitative estimate of drug-likeness (QED) is 0.838. The van der Waals surface area contributed by atoms with Crippen molar-refractivity contribution in [1.82, 2.24) is 10.3 Å².